The minimum absolute atomic E-state index is 0.0188. The van der Waals surface area contributed by atoms with Crippen molar-refractivity contribution in [1.29, 1.82) is 0 Å². The van der Waals surface area contributed by atoms with Gasteiger partial charge in [0, 0.05) is 25.2 Å². The second-order valence-electron chi connectivity index (χ2n) is 8.69. The standard InChI is InChI=1S/C19H32F3N3O2/c20-19(21,22)13-8-12-9-15(10-13)27-7-5-23-4-1-6-26-14-2-3-17-16(11-14)18(12)25-24-17/h12-18,23-25H,1-11H2. The molecule has 4 rings (SSSR count). The van der Waals surface area contributed by atoms with Crippen LogP contribution in [0.5, 0.6) is 0 Å². The molecular weight excluding hydrogens is 359 g/mol. The van der Waals surface area contributed by atoms with E-state index >= 15 is 0 Å². The number of ether oxygens (including phenoxy) is 2. The third-order valence-electron chi connectivity index (χ3n) is 6.90. The highest BCUT2D eigenvalue weighted by atomic mass is 19.4. The number of hydrogen-bond donors (Lipinski definition) is 3. The van der Waals surface area contributed by atoms with Crippen molar-refractivity contribution in [3.8, 4) is 0 Å². The van der Waals surface area contributed by atoms with Crippen LogP contribution >= 0.6 is 0 Å². The first-order valence-corrected chi connectivity index (χ1v) is 10.5. The van der Waals surface area contributed by atoms with Gasteiger partial charge >= 0.3 is 6.18 Å². The molecule has 2 aliphatic carbocycles. The SMILES string of the molecule is FC(F)(F)C1CC2CC(C1)C1NNC3CCC(CC31)OCCCNCCO2. The minimum atomic E-state index is -4.15. The lowest BCUT2D eigenvalue weighted by atomic mass is 9.69. The van der Waals surface area contributed by atoms with E-state index in [0.717, 1.165) is 38.8 Å². The maximum Gasteiger partial charge on any atom is 0.391 e. The Labute approximate surface area is 159 Å². The normalized spacial score (nSPS) is 44.3. The lowest BCUT2D eigenvalue weighted by molar-refractivity contribution is -0.199. The summed E-state index contributed by atoms with van der Waals surface area (Å²) in [6.45, 7) is 2.74. The summed E-state index contributed by atoms with van der Waals surface area (Å²) < 4.78 is 52.6. The Morgan fingerprint density at radius 2 is 1.67 bits per heavy atom. The fraction of sp³-hybridized carbons (Fsp3) is 1.00. The molecule has 0 aromatic heterocycles. The van der Waals surface area contributed by atoms with Gasteiger partial charge < -0.3 is 14.8 Å². The number of hydrogen-bond acceptors (Lipinski definition) is 5. The molecule has 5 nitrogen and oxygen atoms in total. The van der Waals surface area contributed by atoms with E-state index in [4.69, 9.17) is 9.47 Å². The summed E-state index contributed by atoms with van der Waals surface area (Å²) in [5.74, 6) is -0.944. The van der Waals surface area contributed by atoms with Gasteiger partial charge in [0.25, 0.3) is 0 Å². The Morgan fingerprint density at radius 1 is 0.815 bits per heavy atom. The summed E-state index contributed by atoms with van der Waals surface area (Å²) in [5, 5.41) is 3.30. The number of halogens is 3. The van der Waals surface area contributed by atoms with Gasteiger partial charge in [-0.3, -0.25) is 10.9 Å². The molecule has 2 aliphatic heterocycles. The molecule has 0 spiro atoms. The van der Waals surface area contributed by atoms with Crippen molar-refractivity contribution < 1.29 is 22.6 Å². The lowest BCUT2D eigenvalue weighted by Crippen LogP contribution is -2.46. The summed E-state index contributed by atoms with van der Waals surface area (Å²) >= 11 is 0. The maximum atomic E-state index is 13.6. The van der Waals surface area contributed by atoms with Gasteiger partial charge in [-0.2, -0.15) is 13.2 Å². The molecule has 27 heavy (non-hydrogen) atoms. The molecule has 0 amide bonds. The average Bonchev–Trinajstić information content (AvgIpc) is 3.05. The van der Waals surface area contributed by atoms with Crippen molar-refractivity contribution in [3.05, 3.63) is 0 Å². The number of hydrazine groups is 1. The van der Waals surface area contributed by atoms with Gasteiger partial charge in [0.05, 0.1) is 24.7 Å². The number of rotatable bonds is 0. The minimum Gasteiger partial charge on any atom is -0.378 e. The van der Waals surface area contributed by atoms with Crippen molar-refractivity contribution in [3.63, 3.8) is 0 Å². The predicted octanol–water partition coefficient (Wildman–Crippen LogP) is 2.37. The van der Waals surface area contributed by atoms with Crippen LogP contribution in [0.1, 0.15) is 44.9 Å². The van der Waals surface area contributed by atoms with E-state index in [1.54, 1.807) is 0 Å². The molecular formula is C19H32F3N3O2. The first-order chi connectivity index (χ1) is 13.0. The second-order valence-corrected chi connectivity index (χ2v) is 8.69. The second kappa shape index (κ2) is 8.53. The van der Waals surface area contributed by atoms with Crippen LogP contribution in [0.25, 0.3) is 0 Å². The maximum absolute atomic E-state index is 13.6. The molecule has 2 heterocycles. The van der Waals surface area contributed by atoms with E-state index in [-0.39, 0.29) is 37.0 Å². The molecule has 156 valence electrons. The van der Waals surface area contributed by atoms with Crippen LogP contribution in [0.2, 0.25) is 0 Å². The quantitative estimate of drug-likeness (QED) is 0.592. The van der Waals surface area contributed by atoms with E-state index in [9.17, 15) is 13.2 Å². The summed E-state index contributed by atoms with van der Waals surface area (Å²) in [7, 11) is 0. The van der Waals surface area contributed by atoms with Gasteiger partial charge in [-0.15, -0.1) is 0 Å². The van der Waals surface area contributed by atoms with E-state index < -0.39 is 12.1 Å². The number of nitrogens with one attached hydrogen (secondary N) is 3. The highest BCUT2D eigenvalue weighted by Gasteiger charge is 2.50. The van der Waals surface area contributed by atoms with Crippen LogP contribution in [0.4, 0.5) is 13.2 Å². The van der Waals surface area contributed by atoms with Crippen molar-refractivity contribution >= 4 is 0 Å². The van der Waals surface area contributed by atoms with E-state index in [0.29, 0.717) is 31.5 Å². The van der Waals surface area contributed by atoms with Crippen LogP contribution in [0.3, 0.4) is 0 Å². The molecule has 4 aliphatic rings. The van der Waals surface area contributed by atoms with E-state index in [2.05, 4.69) is 16.2 Å². The summed E-state index contributed by atoms with van der Waals surface area (Å²) in [5.41, 5.74) is 6.73. The van der Waals surface area contributed by atoms with Gasteiger partial charge in [0.2, 0.25) is 0 Å². The third kappa shape index (κ3) is 4.78. The third-order valence-corrected chi connectivity index (χ3v) is 6.90. The van der Waals surface area contributed by atoms with Crippen LogP contribution in [0.15, 0.2) is 0 Å². The molecule has 0 aromatic rings. The van der Waals surface area contributed by atoms with Crippen LogP contribution in [0, 0.1) is 17.8 Å². The van der Waals surface area contributed by atoms with Crippen molar-refractivity contribution in [1.82, 2.24) is 16.2 Å². The Bertz CT molecular complexity index is 493. The van der Waals surface area contributed by atoms with Gasteiger partial charge in [-0.05, 0) is 63.3 Å². The Kier molecular flexibility index (Phi) is 6.28. The van der Waals surface area contributed by atoms with Crippen LogP contribution < -0.4 is 16.2 Å². The van der Waals surface area contributed by atoms with E-state index in [1.165, 1.54) is 0 Å². The van der Waals surface area contributed by atoms with Gasteiger partial charge in [0.15, 0.2) is 0 Å². The molecule has 7 atom stereocenters. The number of alkyl halides is 3. The fourth-order valence-corrected chi connectivity index (χ4v) is 5.55. The van der Waals surface area contributed by atoms with Crippen LogP contribution in [-0.4, -0.2) is 56.8 Å². The summed E-state index contributed by atoms with van der Waals surface area (Å²) in [4.78, 5) is 0. The first kappa shape index (κ1) is 19.9. The highest BCUT2D eigenvalue weighted by Crippen LogP contribution is 2.45. The summed E-state index contributed by atoms with van der Waals surface area (Å²) in [6.07, 6.45) is 0.716. The Balaban J connectivity index is 1.51. The summed E-state index contributed by atoms with van der Waals surface area (Å²) in [6, 6.07) is 0.415. The van der Waals surface area contributed by atoms with E-state index in [1.807, 2.05) is 0 Å². The molecule has 0 radical (unpaired) electrons. The van der Waals surface area contributed by atoms with Crippen LogP contribution in [-0.2, 0) is 9.47 Å². The zero-order valence-electron chi connectivity index (χ0n) is 15.8. The van der Waals surface area contributed by atoms with Gasteiger partial charge in [0.1, 0.15) is 0 Å². The molecule has 4 fully saturated rings. The zero-order chi connectivity index (χ0) is 18.9. The van der Waals surface area contributed by atoms with Gasteiger partial charge in [-0.25, -0.2) is 0 Å². The molecule has 2 saturated heterocycles. The zero-order valence-corrected chi connectivity index (χ0v) is 15.8. The Hall–Kier alpha value is -0.410. The lowest BCUT2D eigenvalue weighted by Gasteiger charge is -2.41. The van der Waals surface area contributed by atoms with Crippen molar-refractivity contribution in [2.45, 2.75) is 75.4 Å². The average molecular weight is 391 g/mol. The monoisotopic (exact) mass is 391 g/mol. The highest BCUT2D eigenvalue weighted by molar-refractivity contribution is 5.01. The fourth-order valence-electron chi connectivity index (χ4n) is 5.55. The molecule has 3 N–H and O–H groups in total. The Morgan fingerprint density at radius 3 is 2.52 bits per heavy atom. The van der Waals surface area contributed by atoms with Crippen molar-refractivity contribution in [2.24, 2.45) is 17.8 Å². The molecule has 7 unspecified atom stereocenters. The van der Waals surface area contributed by atoms with Gasteiger partial charge in [-0.1, -0.05) is 0 Å². The molecule has 0 aromatic carbocycles. The number of fused-ring (bicyclic) bond motifs is 4. The van der Waals surface area contributed by atoms with Crippen molar-refractivity contribution in [2.75, 3.05) is 26.3 Å². The predicted molar refractivity (Wildman–Crippen MR) is 95.0 cm³/mol. The smallest absolute Gasteiger partial charge is 0.378 e. The molecule has 8 heteroatoms. The molecule has 4 bridgehead atoms. The topological polar surface area (TPSA) is 54.5 Å². The molecule has 2 saturated carbocycles. The largest absolute Gasteiger partial charge is 0.391 e. The first-order valence-electron chi connectivity index (χ1n) is 10.5.